The molecule has 170 valence electrons. The van der Waals surface area contributed by atoms with Gasteiger partial charge in [-0.15, -0.1) is 11.3 Å². The summed E-state index contributed by atoms with van der Waals surface area (Å²) in [7, 11) is 0. The number of carboxylic acid groups (broad SMARTS) is 1. The number of nitrogens with zero attached hydrogens (tertiary/aromatic N) is 2. The number of carboxylic acids is 1. The van der Waals surface area contributed by atoms with Crippen LogP contribution in [0.4, 0.5) is 10.5 Å². The van der Waals surface area contributed by atoms with Crippen LogP contribution in [0.25, 0.3) is 0 Å². The Hall–Kier alpha value is -2.13. The predicted molar refractivity (Wildman–Crippen MR) is 116 cm³/mol. The maximum atomic E-state index is 13.6. The van der Waals surface area contributed by atoms with Crippen LogP contribution in [-0.2, 0) is 14.3 Å². The van der Waals surface area contributed by atoms with E-state index in [1.54, 1.807) is 21.2 Å². The molecule has 2 saturated heterocycles. The lowest BCUT2D eigenvalue weighted by molar-refractivity contribution is -0.124. The van der Waals surface area contributed by atoms with Crippen LogP contribution >= 0.6 is 11.3 Å². The summed E-state index contributed by atoms with van der Waals surface area (Å²) >= 11 is 1.13. The molecule has 0 radical (unpaired) electrons. The van der Waals surface area contributed by atoms with Crippen molar-refractivity contribution < 1.29 is 29.0 Å². The molecule has 9 heteroatoms. The first-order valence-corrected chi connectivity index (χ1v) is 12.0. The Balaban J connectivity index is 1.51. The zero-order chi connectivity index (χ0) is 22.0. The molecule has 2 amide bonds. The Kier molecular flexibility index (Phi) is 6.81. The molecule has 2 atom stereocenters. The fourth-order valence-corrected chi connectivity index (χ4v) is 5.51. The summed E-state index contributed by atoms with van der Waals surface area (Å²) in [6.07, 6.45) is 4.35. The van der Waals surface area contributed by atoms with Gasteiger partial charge in [-0.1, -0.05) is 6.92 Å². The second kappa shape index (κ2) is 9.56. The molecule has 3 aliphatic rings. The third-order valence-electron chi connectivity index (χ3n) is 6.64. The molecule has 1 aliphatic carbocycles. The number of ether oxygens (including phenoxy) is 2. The number of carbonyl (C=O) groups is 3. The van der Waals surface area contributed by atoms with Crippen LogP contribution in [0.1, 0.15) is 55.1 Å². The molecule has 0 bridgehead atoms. The van der Waals surface area contributed by atoms with E-state index >= 15 is 0 Å². The third-order valence-corrected chi connectivity index (χ3v) is 7.53. The quantitative estimate of drug-likeness (QED) is 0.736. The Morgan fingerprint density at radius 2 is 1.97 bits per heavy atom. The standard InChI is InChI=1S/C22H30N2O6S/c1-14-2-4-15(5-3-14)20(25)24(18-8-11-31-19(18)21(26)27)16-6-9-23(12-16)22(28)30-17-7-10-29-13-17/h8,11,14-17H,2-7,9-10,12-13H2,1H3,(H,26,27)/t14-,15-,16-,17+/m0/s1. The molecule has 8 nitrogen and oxygen atoms in total. The molecule has 2 aliphatic heterocycles. The van der Waals surface area contributed by atoms with Gasteiger partial charge in [-0.05, 0) is 49.5 Å². The zero-order valence-corrected chi connectivity index (χ0v) is 18.6. The second-order valence-electron chi connectivity index (χ2n) is 8.86. The number of carbonyl (C=O) groups excluding carboxylic acids is 2. The van der Waals surface area contributed by atoms with Crippen molar-refractivity contribution in [3.63, 3.8) is 0 Å². The fraction of sp³-hybridized carbons (Fsp3) is 0.682. The lowest BCUT2D eigenvalue weighted by Crippen LogP contribution is -2.47. The van der Waals surface area contributed by atoms with Gasteiger partial charge in [-0.25, -0.2) is 9.59 Å². The second-order valence-corrected chi connectivity index (χ2v) is 9.78. The zero-order valence-electron chi connectivity index (χ0n) is 17.8. The van der Waals surface area contributed by atoms with Crippen LogP contribution in [0.2, 0.25) is 0 Å². The van der Waals surface area contributed by atoms with Crippen molar-refractivity contribution in [1.29, 1.82) is 0 Å². The molecule has 1 aromatic heterocycles. The number of hydrogen-bond donors (Lipinski definition) is 1. The number of amides is 2. The molecule has 31 heavy (non-hydrogen) atoms. The molecule has 3 fully saturated rings. The Labute approximate surface area is 186 Å². The van der Waals surface area contributed by atoms with Crippen molar-refractivity contribution >= 4 is 35.0 Å². The van der Waals surface area contributed by atoms with Gasteiger partial charge < -0.3 is 24.4 Å². The predicted octanol–water partition coefficient (Wildman–Crippen LogP) is 3.61. The minimum absolute atomic E-state index is 0.0165. The van der Waals surface area contributed by atoms with E-state index in [-0.39, 0.29) is 34.9 Å². The number of thiophene rings is 1. The minimum Gasteiger partial charge on any atom is -0.477 e. The van der Waals surface area contributed by atoms with Gasteiger partial charge in [-0.2, -0.15) is 0 Å². The summed E-state index contributed by atoms with van der Waals surface area (Å²) in [6.45, 7) is 4.05. The smallest absolute Gasteiger partial charge is 0.410 e. The normalized spacial score (nSPS) is 28.5. The van der Waals surface area contributed by atoms with Crippen LogP contribution in [0, 0.1) is 11.8 Å². The molecule has 0 spiro atoms. The van der Waals surface area contributed by atoms with Gasteiger partial charge in [0.2, 0.25) is 5.91 Å². The van der Waals surface area contributed by atoms with Crippen LogP contribution in [-0.4, -0.2) is 66.4 Å². The Bertz CT molecular complexity index is 813. The van der Waals surface area contributed by atoms with Gasteiger partial charge >= 0.3 is 12.1 Å². The van der Waals surface area contributed by atoms with Crippen molar-refractivity contribution in [1.82, 2.24) is 4.90 Å². The highest BCUT2D eigenvalue weighted by atomic mass is 32.1. The first-order valence-electron chi connectivity index (χ1n) is 11.1. The lowest BCUT2D eigenvalue weighted by Gasteiger charge is -2.34. The fourth-order valence-electron chi connectivity index (χ4n) is 4.79. The largest absolute Gasteiger partial charge is 0.477 e. The molecule has 0 aromatic carbocycles. The van der Waals surface area contributed by atoms with Gasteiger partial charge in [0.1, 0.15) is 11.0 Å². The summed E-state index contributed by atoms with van der Waals surface area (Å²) in [5.41, 5.74) is 0.450. The van der Waals surface area contributed by atoms with Crippen molar-refractivity contribution in [3.8, 4) is 0 Å². The van der Waals surface area contributed by atoms with Crippen LogP contribution < -0.4 is 4.90 Å². The molecule has 1 N–H and O–H groups in total. The van der Waals surface area contributed by atoms with Gasteiger partial charge in [0, 0.05) is 25.4 Å². The van der Waals surface area contributed by atoms with E-state index in [0.717, 1.165) is 37.0 Å². The third kappa shape index (κ3) is 4.87. The summed E-state index contributed by atoms with van der Waals surface area (Å²) in [4.78, 5) is 41.4. The number of aromatic carboxylic acids is 1. The molecule has 1 saturated carbocycles. The summed E-state index contributed by atoms with van der Waals surface area (Å²) in [5, 5.41) is 11.4. The lowest BCUT2D eigenvalue weighted by atomic mass is 9.82. The van der Waals surface area contributed by atoms with Crippen LogP contribution in [0.3, 0.4) is 0 Å². The first-order chi connectivity index (χ1) is 14.9. The van der Waals surface area contributed by atoms with E-state index < -0.39 is 5.97 Å². The molecule has 4 rings (SSSR count). The van der Waals surface area contributed by atoms with Crippen molar-refractivity contribution in [2.45, 2.75) is 57.6 Å². The van der Waals surface area contributed by atoms with Crippen molar-refractivity contribution in [2.24, 2.45) is 11.8 Å². The van der Waals surface area contributed by atoms with E-state index in [1.165, 1.54) is 0 Å². The van der Waals surface area contributed by atoms with E-state index in [1.807, 2.05) is 0 Å². The van der Waals surface area contributed by atoms with Crippen LogP contribution in [0.5, 0.6) is 0 Å². The highest BCUT2D eigenvalue weighted by Crippen LogP contribution is 2.36. The number of rotatable bonds is 5. The van der Waals surface area contributed by atoms with E-state index in [0.29, 0.717) is 50.8 Å². The van der Waals surface area contributed by atoms with E-state index in [4.69, 9.17) is 9.47 Å². The average Bonchev–Trinajstić information content (AvgIpc) is 3.51. The maximum absolute atomic E-state index is 13.6. The van der Waals surface area contributed by atoms with Crippen LogP contribution in [0.15, 0.2) is 11.4 Å². The maximum Gasteiger partial charge on any atom is 0.410 e. The first kappa shape index (κ1) is 22.1. The highest BCUT2D eigenvalue weighted by molar-refractivity contribution is 7.12. The molecule has 0 unspecified atom stereocenters. The van der Waals surface area contributed by atoms with Crippen molar-refractivity contribution in [2.75, 3.05) is 31.2 Å². The summed E-state index contributed by atoms with van der Waals surface area (Å²) in [5.74, 6) is -0.535. The highest BCUT2D eigenvalue weighted by Gasteiger charge is 2.40. The van der Waals surface area contributed by atoms with Gasteiger partial charge in [0.05, 0.1) is 24.9 Å². The monoisotopic (exact) mass is 450 g/mol. The summed E-state index contributed by atoms with van der Waals surface area (Å²) < 4.78 is 10.8. The van der Waals surface area contributed by atoms with Gasteiger partial charge in [0.25, 0.3) is 0 Å². The van der Waals surface area contributed by atoms with E-state index in [9.17, 15) is 19.5 Å². The number of hydrogen-bond acceptors (Lipinski definition) is 6. The molecular formula is C22H30N2O6S. The molecule has 3 heterocycles. The molecular weight excluding hydrogens is 420 g/mol. The topological polar surface area (TPSA) is 96.4 Å². The molecule has 1 aromatic rings. The Morgan fingerprint density at radius 3 is 2.65 bits per heavy atom. The van der Waals surface area contributed by atoms with Gasteiger partial charge in [-0.3, -0.25) is 4.79 Å². The van der Waals surface area contributed by atoms with E-state index in [2.05, 4.69) is 6.92 Å². The SMILES string of the molecule is C[C@H]1CC[C@H](C(=O)N(c2ccsc2C(=O)O)[C@H]2CCN(C(=O)O[C@@H]3CCOC3)C2)CC1. The minimum atomic E-state index is -1.03. The van der Waals surface area contributed by atoms with Crippen molar-refractivity contribution in [3.05, 3.63) is 16.3 Å². The average molecular weight is 451 g/mol. The van der Waals surface area contributed by atoms with Gasteiger partial charge in [0.15, 0.2) is 0 Å². The number of anilines is 1. The Morgan fingerprint density at radius 1 is 1.19 bits per heavy atom. The summed E-state index contributed by atoms with van der Waals surface area (Å²) in [6, 6.07) is 1.46. The number of likely N-dealkylation sites (tertiary alicyclic amines) is 1.